The number of rotatable bonds is 6. The van der Waals surface area contributed by atoms with E-state index in [2.05, 4.69) is 26.0 Å². The highest BCUT2D eigenvalue weighted by Gasteiger charge is 2.33. The van der Waals surface area contributed by atoms with Crippen molar-refractivity contribution in [2.45, 2.75) is 43.9 Å². The molecule has 33 heavy (non-hydrogen) atoms. The Labute approximate surface area is 189 Å². The largest absolute Gasteiger partial charge is 0.379 e. The Hall–Kier alpha value is -3.47. The van der Waals surface area contributed by atoms with E-state index in [1.165, 1.54) is 10.7 Å². The summed E-state index contributed by atoms with van der Waals surface area (Å²) in [6.45, 7) is 1.22. The molecule has 1 aliphatic heterocycles. The molecular formula is C22H26FN7O3. The fourth-order valence-electron chi connectivity index (χ4n) is 4.21. The average molecular weight is 455 g/mol. The summed E-state index contributed by atoms with van der Waals surface area (Å²) in [4.78, 5) is 30.4. The minimum Gasteiger partial charge on any atom is -0.379 e. The maximum atomic E-state index is 13.6. The number of nitrogens with one attached hydrogen (secondary N) is 3. The van der Waals surface area contributed by atoms with Gasteiger partial charge in [0.05, 0.1) is 24.9 Å². The van der Waals surface area contributed by atoms with Crippen LogP contribution < -0.4 is 21.5 Å². The SMILES string of the molecule is CNc1cc(Nc2cccn([C@H]3CCCOC3)c2=O)nc2c(C(=O)N[C@H]3CC[C@@H]3F)cnn12. The van der Waals surface area contributed by atoms with Gasteiger partial charge in [0.2, 0.25) is 0 Å². The van der Waals surface area contributed by atoms with Crippen LogP contribution in [-0.4, -0.2) is 57.5 Å². The summed E-state index contributed by atoms with van der Waals surface area (Å²) in [5.74, 6) is 0.525. The first-order valence-electron chi connectivity index (χ1n) is 11.1. The van der Waals surface area contributed by atoms with Crippen LogP contribution in [0.3, 0.4) is 0 Å². The second-order valence-electron chi connectivity index (χ2n) is 8.37. The molecular weight excluding hydrogens is 429 g/mol. The van der Waals surface area contributed by atoms with Gasteiger partial charge >= 0.3 is 0 Å². The van der Waals surface area contributed by atoms with Gasteiger partial charge in [-0.3, -0.25) is 9.59 Å². The summed E-state index contributed by atoms with van der Waals surface area (Å²) >= 11 is 0. The molecule has 10 nitrogen and oxygen atoms in total. The lowest BCUT2D eigenvalue weighted by Crippen LogP contribution is -2.48. The Kier molecular flexibility index (Phi) is 5.71. The van der Waals surface area contributed by atoms with Gasteiger partial charge < -0.3 is 25.3 Å². The third-order valence-corrected chi connectivity index (χ3v) is 6.25. The van der Waals surface area contributed by atoms with Crippen molar-refractivity contribution in [3.8, 4) is 0 Å². The van der Waals surface area contributed by atoms with Gasteiger partial charge in [-0.2, -0.15) is 9.61 Å². The highest BCUT2D eigenvalue weighted by atomic mass is 19.1. The van der Waals surface area contributed by atoms with Crippen molar-refractivity contribution in [3.63, 3.8) is 0 Å². The molecule has 1 saturated carbocycles. The van der Waals surface area contributed by atoms with Gasteiger partial charge in [-0.05, 0) is 37.8 Å². The summed E-state index contributed by atoms with van der Waals surface area (Å²) in [5.41, 5.74) is 0.723. The second kappa shape index (κ2) is 8.81. The Morgan fingerprint density at radius 1 is 1.30 bits per heavy atom. The number of hydrogen-bond acceptors (Lipinski definition) is 7. The van der Waals surface area contributed by atoms with Gasteiger partial charge in [-0.15, -0.1) is 0 Å². The number of carbonyl (C=O) groups excluding carboxylic acids is 1. The second-order valence-corrected chi connectivity index (χ2v) is 8.37. The van der Waals surface area contributed by atoms with E-state index in [-0.39, 0.29) is 17.2 Å². The minimum atomic E-state index is -1.02. The Balaban J connectivity index is 1.46. The van der Waals surface area contributed by atoms with Gasteiger partial charge in [0.1, 0.15) is 29.1 Å². The average Bonchev–Trinajstić information content (AvgIpc) is 3.27. The van der Waals surface area contributed by atoms with Crippen LogP contribution in [0, 0.1) is 0 Å². The molecule has 11 heteroatoms. The monoisotopic (exact) mass is 455 g/mol. The Bertz CT molecular complexity index is 1230. The van der Waals surface area contributed by atoms with Crippen LogP contribution in [0.1, 0.15) is 42.1 Å². The van der Waals surface area contributed by atoms with Crippen molar-refractivity contribution < 1.29 is 13.9 Å². The molecule has 1 aliphatic carbocycles. The highest BCUT2D eigenvalue weighted by Crippen LogP contribution is 2.25. The van der Waals surface area contributed by atoms with Crippen LogP contribution in [0.2, 0.25) is 0 Å². The first-order chi connectivity index (χ1) is 16.0. The standard InChI is InChI=1S/C22H26FN7O3/c1-24-19-10-18(26-17-5-2-8-29(22(17)32)13-4-3-9-33-12-13)28-20-14(11-25-30(19)20)21(31)27-16-7-6-15(16)23/h2,5,8,10-11,13,15-16,24H,3-4,6-7,9,12H2,1H3,(H,26,28)(H,27,31)/t13-,15-,16-/m0/s1. The van der Waals surface area contributed by atoms with E-state index >= 15 is 0 Å². The molecule has 3 aromatic rings. The molecule has 4 heterocycles. The topological polar surface area (TPSA) is 115 Å². The quantitative estimate of drug-likeness (QED) is 0.522. The molecule has 0 spiro atoms. The number of alkyl halides is 1. The van der Waals surface area contributed by atoms with Crippen LogP contribution in [0.5, 0.6) is 0 Å². The van der Waals surface area contributed by atoms with E-state index in [4.69, 9.17) is 4.74 Å². The molecule has 174 valence electrons. The van der Waals surface area contributed by atoms with Crippen molar-refractivity contribution in [2.24, 2.45) is 0 Å². The van der Waals surface area contributed by atoms with Gasteiger partial charge in [0, 0.05) is 25.9 Å². The van der Waals surface area contributed by atoms with Crippen LogP contribution in [0.4, 0.5) is 21.7 Å². The van der Waals surface area contributed by atoms with Crippen LogP contribution in [0.25, 0.3) is 5.65 Å². The maximum absolute atomic E-state index is 13.6. The summed E-state index contributed by atoms with van der Waals surface area (Å²) in [7, 11) is 1.72. The molecule has 3 aromatic heterocycles. The number of carbonyl (C=O) groups is 1. The zero-order chi connectivity index (χ0) is 22.9. The number of fused-ring (bicyclic) bond motifs is 1. The van der Waals surface area contributed by atoms with E-state index in [9.17, 15) is 14.0 Å². The Morgan fingerprint density at radius 2 is 2.18 bits per heavy atom. The first kappa shape index (κ1) is 21.4. The number of anilines is 3. The molecule has 3 atom stereocenters. The molecule has 2 aliphatic rings. The van der Waals surface area contributed by atoms with Gasteiger partial charge in [-0.25, -0.2) is 9.37 Å². The lowest BCUT2D eigenvalue weighted by atomic mass is 9.90. The third kappa shape index (κ3) is 4.04. The molecule has 1 saturated heterocycles. The number of hydrogen-bond donors (Lipinski definition) is 3. The van der Waals surface area contributed by atoms with Crippen molar-refractivity contribution in [2.75, 3.05) is 30.9 Å². The summed E-state index contributed by atoms with van der Waals surface area (Å²) in [5, 5.41) is 13.1. The third-order valence-electron chi connectivity index (χ3n) is 6.25. The summed E-state index contributed by atoms with van der Waals surface area (Å²) in [6.07, 6.45) is 5.01. The van der Waals surface area contributed by atoms with Crippen LogP contribution >= 0.6 is 0 Å². The number of halogens is 1. The number of nitrogens with zero attached hydrogens (tertiary/aromatic N) is 4. The molecule has 1 amide bonds. The lowest BCUT2D eigenvalue weighted by Gasteiger charge is -2.30. The van der Waals surface area contributed by atoms with Crippen molar-refractivity contribution in [1.82, 2.24) is 24.5 Å². The molecule has 0 radical (unpaired) electrons. The van der Waals surface area contributed by atoms with Crippen molar-refractivity contribution in [3.05, 3.63) is 46.5 Å². The number of amides is 1. The van der Waals surface area contributed by atoms with E-state index in [1.807, 2.05) is 0 Å². The van der Waals surface area contributed by atoms with Crippen molar-refractivity contribution in [1.29, 1.82) is 0 Å². The van der Waals surface area contributed by atoms with Gasteiger partial charge in [0.15, 0.2) is 5.65 Å². The van der Waals surface area contributed by atoms with Gasteiger partial charge in [-0.1, -0.05) is 0 Å². The molecule has 0 unspecified atom stereocenters. The zero-order valence-electron chi connectivity index (χ0n) is 18.3. The smallest absolute Gasteiger partial charge is 0.274 e. The molecule has 0 aromatic carbocycles. The number of ether oxygens (including phenoxy) is 1. The predicted molar refractivity (Wildman–Crippen MR) is 121 cm³/mol. The Morgan fingerprint density at radius 3 is 2.88 bits per heavy atom. The summed E-state index contributed by atoms with van der Waals surface area (Å²) < 4.78 is 22.3. The normalized spacial score (nSPS) is 22.5. The highest BCUT2D eigenvalue weighted by molar-refractivity contribution is 6.00. The fourth-order valence-corrected chi connectivity index (χ4v) is 4.21. The van der Waals surface area contributed by atoms with Crippen molar-refractivity contribution >= 4 is 28.9 Å². The van der Waals surface area contributed by atoms with E-state index in [1.54, 1.807) is 36.0 Å². The zero-order valence-corrected chi connectivity index (χ0v) is 18.3. The maximum Gasteiger partial charge on any atom is 0.274 e. The number of pyridine rings is 1. The summed E-state index contributed by atoms with van der Waals surface area (Å²) in [6, 6.07) is 4.71. The van der Waals surface area contributed by atoms with E-state index < -0.39 is 18.1 Å². The first-order valence-corrected chi connectivity index (χ1v) is 11.1. The molecule has 2 fully saturated rings. The molecule has 5 rings (SSSR count). The van der Waals surface area contributed by atoms with Gasteiger partial charge in [0.25, 0.3) is 11.5 Å². The predicted octanol–water partition coefficient (Wildman–Crippen LogP) is 2.26. The van der Waals surface area contributed by atoms with Crippen LogP contribution in [-0.2, 0) is 4.74 Å². The number of aromatic nitrogens is 4. The molecule has 3 N–H and O–H groups in total. The fraction of sp³-hybridized carbons (Fsp3) is 0.455. The van der Waals surface area contributed by atoms with E-state index in [0.29, 0.717) is 49.0 Å². The van der Waals surface area contributed by atoms with E-state index in [0.717, 1.165) is 12.8 Å². The van der Waals surface area contributed by atoms with Crippen LogP contribution in [0.15, 0.2) is 35.4 Å². The minimum absolute atomic E-state index is 0.00715. The molecule has 0 bridgehead atoms. The lowest BCUT2D eigenvalue weighted by molar-refractivity contribution is 0.0581.